The predicted octanol–water partition coefficient (Wildman–Crippen LogP) is 4.59. The highest BCUT2D eigenvalue weighted by Gasteiger charge is 2.15. The van der Waals surface area contributed by atoms with Crippen molar-refractivity contribution >= 4 is 38.7 Å². The van der Waals surface area contributed by atoms with E-state index in [0.717, 1.165) is 39.3 Å². The van der Waals surface area contributed by atoms with E-state index in [0.29, 0.717) is 12.4 Å². The van der Waals surface area contributed by atoms with Gasteiger partial charge in [-0.1, -0.05) is 36.3 Å². The van der Waals surface area contributed by atoms with Gasteiger partial charge in [-0.25, -0.2) is 15.0 Å². The van der Waals surface area contributed by atoms with E-state index in [2.05, 4.69) is 39.3 Å². The van der Waals surface area contributed by atoms with Crippen molar-refractivity contribution in [3.05, 3.63) is 87.9 Å². The summed E-state index contributed by atoms with van der Waals surface area (Å²) in [6, 6.07) is 14.0. The molecule has 0 saturated heterocycles. The summed E-state index contributed by atoms with van der Waals surface area (Å²) in [7, 11) is 0. The Bertz CT molecular complexity index is 1400. The molecule has 162 valence electrons. The van der Waals surface area contributed by atoms with Gasteiger partial charge in [0.2, 0.25) is 0 Å². The molecule has 4 heterocycles. The Labute approximate surface area is 199 Å². The van der Waals surface area contributed by atoms with E-state index in [9.17, 15) is 0 Å². The van der Waals surface area contributed by atoms with Gasteiger partial charge in [-0.05, 0) is 30.0 Å². The van der Waals surface area contributed by atoms with Crippen molar-refractivity contribution in [1.82, 2.24) is 19.9 Å². The SMILES string of the molecule is N[C@H](CNc1nc(-c2ccncc2)nc2c(C#Cc3cscn3)csc12)Cc1ccccc1. The van der Waals surface area contributed by atoms with Crippen LogP contribution in [0.1, 0.15) is 16.8 Å². The molecule has 0 aliphatic heterocycles. The monoisotopic (exact) mass is 468 g/mol. The molecule has 0 radical (unpaired) electrons. The average Bonchev–Trinajstić information content (AvgIpc) is 3.52. The standard InChI is InChI=1S/C25H20N6S2/c26-20(12-17-4-2-1-3-5-17)13-28-25-23-22(30-24(31-25)18-8-10-27-11-9-18)19(14-33-23)6-7-21-15-32-16-29-21/h1-5,8-11,14-16,20H,12-13,26H2,(H,28,30,31)/t20-/m0/s1. The van der Waals surface area contributed by atoms with E-state index in [1.807, 2.05) is 41.1 Å². The second-order valence-corrected chi connectivity index (χ2v) is 9.01. The quantitative estimate of drug-likeness (QED) is 0.354. The van der Waals surface area contributed by atoms with Crippen LogP contribution in [0.5, 0.6) is 0 Å². The van der Waals surface area contributed by atoms with E-state index in [1.54, 1.807) is 29.2 Å². The zero-order valence-corrected chi connectivity index (χ0v) is 19.2. The first-order valence-electron chi connectivity index (χ1n) is 10.4. The summed E-state index contributed by atoms with van der Waals surface area (Å²) >= 11 is 3.10. The summed E-state index contributed by atoms with van der Waals surface area (Å²) in [6.45, 7) is 0.592. The van der Waals surface area contributed by atoms with Crippen LogP contribution in [0.25, 0.3) is 21.6 Å². The number of nitrogens with zero attached hydrogens (tertiary/aromatic N) is 4. The molecule has 0 aliphatic rings. The van der Waals surface area contributed by atoms with Gasteiger partial charge in [0.15, 0.2) is 5.82 Å². The van der Waals surface area contributed by atoms with E-state index in [-0.39, 0.29) is 6.04 Å². The van der Waals surface area contributed by atoms with Crippen LogP contribution in [0.3, 0.4) is 0 Å². The van der Waals surface area contributed by atoms with Crippen molar-refractivity contribution in [2.75, 3.05) is 11.9 Å². The van der Waals surface area contributed by atoms with Crippen LogP contribution < -0.4 is 11.1 Å². The smallest absolute Gasteiger partial charge is 0.162 e. The molecule has 0 saturated carbocycles. The lowest BCUT2D eigenvalue weighted by Crippen LogP contribution is -2.31. The number of benzene rings is 1. The fraction of sp³-hybridized carbons (Fsp3) is 0.120. The molecule has 8 heteroatoms. The molecule has 0 spiro atoms. The maximum absolute atomic E-state index is 6.41. The van der Waals surface area contributed by atoms with Crippen LogP contribution in [0.15, 0.2) is 71.1 Å². The second-order valence-electron chi connectivity index (χ2n) is 7.41. The molecule has 5 rings (SSSR count). The zero-order valence-electron chi connectivity index (χ0n) is 17.6. The lowest BCUT2D eigenvalue weighted by atomic mass is 10.1. The Balaban J connectivity index is 1.47. The molecule has 0 amide bonds. The summed E-state index contributed by atoms with van der Waals surface area (Å²) in [4.78, 5) is 18.0. The number of pyridine rings is 1. The van der Waals surface area contributed by atoms with Gasteiger partial charge >= 0.3 is 0 Å². The molecule has 1 aromatic carbocycles. The van der Waals surface area contributed by atoms with Gasteiger partial charge in [-0.15, -0.1) is 22.7 Å². The summed E-state index contributed by atoms with van der Waals surface area (Å²) in [5, 5.41) is 7.41. The first kappa shape index (κ1) is 21.2. The number of anilines is 1. The van der Waals surface area contributed by atoms with Gasteiger partial charge in [-0.2, -0.15) is 0 Å². The molecule has 0 fully saturated rings. The molecule has 0 bridgehead atoms. The third-order valence-corrected chi connectivity index (χ3v) is 6.55. The Morgan fingerprint density at radius 2 is 1.85 bits per heavy atom. The fourth-order valence-electron chi connectivity index (χ4n) is 3.38. The lowest BCUT2D eigenvalue weighted by Gasteiger charge is -2.14. The lowest BCUT2D eigenvalue weighted by molar-refractivity contribution is 0.698. The second kappa shape index (κ2) is 9.88. The number of aromatic nitrogens is 4. The van der Waals surface area contributed by atoms with Crippen molar-refractivity contribution in [2.24, 2.45) is 5.73 Å². The van der Waals surface area contributed by atoms with Crippen LogP contribution in [-0.4, -0.2) is 32.5 Å². The Morgan fingerprint density at radius 1 is 1.00 bits per heavy atom. The summed E-state index contributed by atoms with van der Waals surface area (Å²) in [5.74, 6) is 7.73. The highest BCUT2D eigenvalue weighted by atomic mass is 32.1. The van der Waals surface area contributed by atoms with Crippen molar-refractivity contribution in [2.45, 2.75) is 12.5 Å². The molecule has 6 nitrogen and oxygen atoms in total. The molecule has 5 aromatic rings. The number of hydrogen-bond donors (Lipinski definition) is 2. The number of thiazole rings is 1. The molecular weight excluding hydrogens is 448 g/mol. The van der Waals surface area contributed by atoms with E-state index in [4.69, 9.17) is 15.7 Å². The average molecular weight is 469 g/mol. The van der Waals surface area contributed by atoms with Crippen molar-refractivity contribution in [3.8, 4) is 23.2 Å². The minimum absolute atomic E-state index is 0.0503. The van der Waals surface area contributed by atoms with Gasteiger partial charge in [-0.3, -0.25) is 4.98 Å². The van der Waals surface area contributed by atoms with E-state index in [1.165, 1.54) is 16.9 Å². The van der Waals surface area contributed by atoms with Gasteiger partial charge in [0, 0.05) is 41.3 Å². The van der Waals surface area contributed by atoms with Gasteiger partial charge in [0.05, 0.1) is 15.8 Å². The van der Waals surface area contributed by atoms with Crippen molar-refractivity contribution in [1.29, 1.82) is 0 Å². The number of fused-ring (bicyclic) bond motifs is 1. The van der Waals surface area contributed by atoms with Crippen molar-refractivity contribution < 1.29 is 0 Å². The highest BCUT2D eigenvalue weighted by Crippen LogP contribution is 2.32. The summed E-state index contributed by atoms with van der Waals surface area (Å²) in [5.41, 5.74) is 12.7. The molecule has 3 N–H and O–H groups in total. The largest absolute Gasteiger partial charge is 0.367 e. The van der Waals surface area contributed by atoms with Crippen LogP contribution in [0.4, 0.5) is 5.82 Å². The number of nitrogens with one attached hydrogen (secondary N) is 1. The molecule has 4 aromatic heterocycles. The molecular formula is C25H20N6S2. The number of hydrogen-bond acceptors (Lipinski definition) is 8. The Kier molecular flexibility index (Phi) is 6.35. The first-order valence-corrected chi connectivity index (χ1v) is 12.2. The Morgan fingerprint density at radius 3 is 2.64 bits per heavy atom. The molecule has 0 unspecified atom stereocenters. The van der Waals surface area contributed by atoms with Crippen LogP contribution in [-0.2, 0) is 6.42 Å². The maximum Gasteiger partial charge on any atom is 0.162 e. The Hall–Kier alpha value is -3.64. The first-order chi connectivity index (χ1) is 16.3. The fourth-order valence-corrected chi connectivity index (χ4v) is 4.77. The van der Waals surface area contributed by atoms with E-state index >= 15 is 0 Å². The van der Waals surface area contributed by atoms with E-state index < -0.39 is 0 Å². The molecule has 0 aliphatic carbocycles. The predicted molar refractivity (Wildman–Crippen MR) is 135 cm³/mol. The maximum atomic E-state index is 6.41. The highest BCUT2D eigenvalue weighted by molar-refractivity contribution is 7.18. The minimum atomic E-state index is -0.0503. The van der Waals surface area contributed by atoms with Gasteiger partial charge < -0.3 is 11.1 Å². The van der Waals surface area contributed by atoms with Crippen LogP contribution >= 0.6 is 22.7 Å². The summed E-state index contributed by atoms with van der Waals surface area (Å²) in [6.07, 6.45) is 4.26. The van der Waals surface area contributed by atoms with Gasteiger partial charge in [0.1, 0.15) is 17.0 Å². The van der Waals surface area contributed by atoms with Crippen molar-refractivity contribution in [3.63, 3.8) is 0 Å². The topological polar surface area (TPSA) is 89.6 Å². The van der Waals surface area contributed by atoms with Crippen LogP contribution in [0.2, 0.25) is 0 Å². The number of nitrogens with two attached hydrogens (primary N) is 1. The minimum Gasteiger partial charge on any atom is -0.367 e. The normalized spacial score (nSPS) is 11.7. The molecule has 1 atom stereocenters. The van der Waals surface area contributed by atoms with Crippen LogP contribution in [0, 0.1) is 11.8 Å². The number of rotatable bonds is 6. The summed E-state index contributed by atoms with van der Waals surface area (Å²) < 4.78 is 0.960. The molecule has 33 heavy (non-hydrogen) atoms. The third kappa shape index (κ3) is 5.07. The third-order valence-electron chi connectivity index (χ3n) is 4.98. The van der Waals surface area contributed by atoms with Gasteiger partial charge in [0.25, 0.3) is 0 Å². The zero-order chi connectivity index (χ0) is 22.5. The number of thiophene rings is 1.